The van der Waals surface area contributed by atoms with Crippen LogP contribution in [-0.4, -0.2) is 30.5 Å². The Kier molecular flexibility index (Phi) is 4.26. The fraction of sp³-hybridized carbons (Fsp3) is 0.0526. The molecule has 26 heavy (non-hydrogen) atoms. The zero-order valence-corrected chi connectivity index (χ0v) is 13.9. The van der Waals surface area contributed by atoms with E-state index in [2.05, 4.69) is 20.6 Å². The summed E-state index contributed by atoms with van der Waals surface area (Å²) in [6.07, 6.45) is 9.08. The summed E-state index contributed by atoms with van der Waals surface area (Å²) in [5.41, 5.74) is 3.15. The van der Waals surface area contributed by atoms with E-state index in [9.17, 15) is 4.79 Å². The molecule has 0 saturated heterocycles. The van der Waals surface area contributed by atoms with Crippen molar-refractivity contribution in [2.75, 3.05) is 0 Å². The van der Waals surface area contributed by atoms with Gasteiger partial charge in [-0.05, 0) is 48.5 Å². The van der Waals surface area contributed by atoms with Gasteiger partial charge in [0, 0.05) is 36.0 Å². The summed E-state index contributed by atoms with van der Waals surface area (Å²) in [5, 5.41) is 11.0. The van der Waals surface area contributed by atoms with Crippen molar-refractivity contribution >= 4 is 5.91 Å². The van der Waals surface area contributed by atoms with Crippen LogP contribution in [0.5, 0.6) is 0 Å². The predicted octanol–water partition coefficient (Wildman–Crippen LogP) is 2.38. The molecule has 0 fully saturated rings. The summed E-state index contributed by atoms with van der Waals surface area (Å²) in [6.45, 7) is 0.309. The van der Waals surface area contributed by atoms with E-state index in [1.54, 1.807) is 35.4 Å². The summed E-state index contributed by atoms with van der Waals surface area (Å²) in [5.74, 6) is -0.150. The monoisotopic (exact) mass is 344 g/mol. The molecule has 1 amide bonds. The van der Waals surface area contributed by atoms with Crippen LogP contribution < -0.4 is 5.32 Å². The van der Waals surface area contributed by atoms with Gasteiger partial charge in [-0.3, -0.25) is 9.78 Å². The summed E-state index contributed by atoms with van der Waals surface area (Å²) in [6, 6.07) is 15.0. The maximum Gasteiger partial charge on any atom is 0.251 e. The summed E-state index contributed by atoms with van der Waals surface area (Å²) in [4.78, 5) is 16.3. The minimum atomic E-state index is -0.150. The Balaban J connectivity index is 1.39. The van der Waals surface area contributed by atoms with Crippen LogP contribution in [0.2, 0.25) is 0 Å². The van der Waals surface area contributed by atoms with Crippen LogP contribution in [0.4, 0.5) is 0 Å². The van der Waals surface area contributed by atoms with Gasteiger partial charge in [-0.15, -0.1) is 5.10 Å². The molecule has 3 heterocycles. The fourth-order valence-corrected chi connectivity index (χ4v) is 2.57. The summed E-state index contributed by atoms with van der Waals surface area (Å²) in [7, 11) is 0. The van der Waals surface area contributed by atoms with Crippen molar-refractivity contribution < 1.29 is 4.79 Å². The SMILES string of the molecule is O=C(NCc1cn(-c2ccncc2)nn1)c1ccc(-n2cccc2)cc1. The number of benzene rings is 1. The van der Waals surface area contributed by atoms with Crippen molar-refractivity contribution in [1.82, 2.24) is 29.9 Å². The maximum atomic E-state index is 12.3. The molecular weight excluding hydrogens is 328 g/mol. The molecule has 0 saturated carbocycles. The molecule has 0 bridgehead atoms. The highest BCUT2D eigenvalue weighted by atomic mass is 16.1. The molecule has 0 aliphatic heterocycles. The van der Waals surface area contributed by atoms with Gasteiger partial charge in [-0.1, -0.05) is 5.21 Å². The van der Waals surface area contributed by atoms with Crippen LogP contribution in [0.25, 0.3) is 11.4 Å². The largest absolute Gasteiger partial charge is 0.346 e. The number of carbonyl (C=O) groups excluding carboxylic acids is 1. The first-order valence-electron chi connectivity index (χ1n) is 8.13. The molecule has 128 valence electrons. The lowest BCUT2D eigenvalue weighted by atomic mass is 10.2. The van der Waals surface area contributed by atoms with E-state index in [1.807, 2.05) is 53.4 Å². The molecule has 7 heteroatoms. The van der Waals surface area contributed by atoms with Crippen LogP contribution in [0.3, 0.4) is 0 Å². The van der Waals surface area contributed by atoms with Gasteiger partial charge in [0.15, 0.2) is 0 Å². The van der Waals surface area contributed by atoms with E-state index in [0.29, 0.717) is 17.8 Å². The molecule has 0 spiro atoms. The Labute approximate surface area is 149 Å². The number of hydrogen-bond acceptors (Lipinski definition) is 4. The van der Waals surface area contributed by atoms with Crippen molar-refractivity contribution in [3.05, 3.63) is 90.8 Å². The first kappa shape index (κ1) is 15.8. The lowest BCUT2D eigenvalue weighted by Crippen LogP contribution is -2.22. The number of pyridine rings is 1. The molecular formula is C19H16N6O. The van der Waals surface area contributed by atoms with Gasteiger partial charge in [0.25, 0.3) is 5.91 Å². The minimum absolute atomic E-state index is 0.150. The lowest BCUT2D eigenvalue weighted by molar-refractivity contribution is 0.0950. The number of rotatable bonds is 5. The summed E-state index contributed by atoms with van der Waals surface area (Å²) < 4.78 is 3.63. The van der Waals surface area contributed by atoms with E-state index in [0.717, 1.165) is 11.4 Å². The van der Waals surface area contributed by atoms with Crippen LogP contribution in [-0.2, 0) is 6.54 Å². The van der Waals surface area contributed by atoms with Crippen LogP contribution in [0.15, 0.2) is 79.5 Å². The summed E-state index contributed by atoms with van der Waals surface area (Å²) >= 11 is 0. The van der Waals surface area contributed by atoms with Crippen molar-refractivity contribution in [2.45, 2.75) is 6.54 Å². The molecule has 4 aromatic rings. The molecule has 0 aliphatic rings. The number of nitrogens with one attached hydrogen (secondary N) is 1. The van der Waals surface area contributed by atoms with Crippen LogP contribution in [0, 0.1) is 0 Å². The second kappa shape index (κ2) is 7.02. The number of amides is 1. The molecule has 7 nitrogen and oxygen atoms in total. The number of nitrogens with zero attached hydrogens (tertiary/aromatic N) is 5. The molecule has 0 atom stereocenters. The predicted molar refractivity (Wildman–Crippen MR) is 96.1 cm³/mol. The average molecular weight is 344 g/mol. The lowest BCUT2D eigenvalue weighted by Gasteiger charge is -2.06. The minimum Gasteiger partial charge on any atom is -0.346 e. The smallest absolute Gasteiger partial charge is 0.251 e. The second-order valence-corrected chi connectivity index (χ2v) is 5.68. The van der Waals surface area contributed by atoms with Crippen molar-refractivity contribution in [3.8, 4) is 11.4 Å². The highest BCUT2D eigenvalue weighted by molar-refractivity contribution is 5.94. The first-order valence-corrected chi connectivity index (χ1v) is 8.13. The number of aromatic nitrogens is 5. The van der Waals surface area contributed by atoms with Crippen molar-refractivity contribution in [3.63, 3.8) is 0 Å². The van der Waals surface area contributed by atoms with Gasteiger partial charge in [-0.25, -0.2) is 4.68 Å². The standard InChI is InChI=1S/C19H16N6O/c26-19(15-3-5-17(6-4-15)24-11-1-2-12-24)21-13-16-14-25(23-22-16)18-7-9-20-10-8-18/h1-12,14H,13H2,(H,21,26). The third-order valence-electron chi connectivity index (χ3n) is 3.93. The van der Waals surface area contributed by atoms with E-state index in [-0.39, 0.29) is 5.91 Å². The van der Waals surface area contributed by atoms with E-state index in [4.69, 9.17) is 0 Å². The fourth-order valence-electron chi connectivity index (χ4n) is 2.57. The quantitative estimate of drug-likeness (QED) is 0.603. The Morgan fingerprint density at radius 1 is 0.962 bits per heavy atom. The topological polar surface area (TPSA) is 77.6 Å². The van der Waals surface area contributed by atoms with Gasteiger partial charge in [0.05, 0.1) is 18.4 Å². The van der Waals surface area contributed by atoms with E-state index < -0.39 is 0 Å². The van der Waals surface area contributed by atoms with Crippen molar-refractivity contribution in [2.24, 2.45) is 0 Å². The highest BCUT2D eigenvalue weighted by Crippen LogP contribution is 2.10. The Hall–Kier alpha value is -3.74. The zero-order chi connectivity index (χ0) is 17.8. The van der Waals surface area contributed by atoms with Gasteiger partial charge in [-0.2, -0.15) is 0 Å². The Morgan fingerprint density at radius 3 is 2.42 bits per heavy atom. The maximum absolute atomic E-state index is 12.3. The Morgan fingerprint density at radius 2 is 1.69 bits per heavy atom. The molecule has 1 N–H and O–H groups in total. The molecule has 0 aliphatic carbocycles. The van der Waals surface area contributed by atoms with E-state index in [1.165, 1.54) is 0 Å². The number of hydrogen-bond donors (Lipinski definition) is 1. The molecule has 3 aromatic heterocycles. The van der Waals surface area contributed by atoms with Crippen molar-refractivity contribution in [1.29, 1.82) is 0 Å². The van der Waals surface area contributed by atoms with E-state index >= 15 is 0 Å². The van der Waals surface area contributed by atoms with Crippen LogP contribution in [0.1, 0.15) is 16.1 Å². The van der Waals surface area contributed by atoms with Gasteiger partial charge >= 0.3 is 0 Å². The third-order valence-corrected chi connectivity index (χ3v) is 3.93. The molecule has 4 rings (SSSR count). The molecule has 0 unspecified atom stereocenters. The van der Waals surface area contributed by atoms with Gasteiger partial charge < -0.3 is 9.88 Å². The van der Waals surface area contributed by atoms with Gasteiger partial charge in [0.2, 0.25) is 0 Å². The first-order chi connectivity index (χ1) is 12.8. The number of carbonyl (C=O) groups is 1. The molecule has 0 radical (unpaired) electrons. The van der Waals surface area contributed by atoms with Crippen LogP contribution >= 0.6 is 0 Å². The third kappa shape index (κ3) is 3.36. The van der Waals surface area contributed by atoms with Gasteiger partial charge in [0.1, 0.15) is 5.69 Å². The Bertz CT molecular complexity index is 990. The zero-order valence-electron chi connectivity index (χ0n) is 13.9. The second-order valence-electron chi connectivity index (χ2n) is 5.68. The normalized spacial score (nSPS) is 10.6. The highest BCUT2D eigenvalue weighted by Gasteiger charge is 2.08. The molecule has 1 aromatic carbocycles. The average Bonchev–Trinajstić information content (AvgIpc) is 3.39.